The van der Waals surface area contributed by atoms with Crippen LogP contribution in [0.3, 0.4) is 0 Å². The molecule has 0 aliphatic rings. The van der Waals surface area contributed by atoms with Crippen LogP contribution < -0.4 is 11.1 Å². The van der Waals surface area contributed by atoms with E-state index in [0.717, 1.165) is 0 Å². The zero-order chi connectivity index (χ0) is 16.1. The summed E-state index contributed by atoms with van der Waals surface area (Å²) in [7, 11) is 0. The van der Waals surface area contributed by atoms with E-state index in [0.29, 0.717) is 17.1 Å². The molecule has 7 heteroatoms. The molecule has 7 nitrogen and oxygen atoms in total. The Morgan fingerprint density at radius 2 is 1.91 bits per heavy atom. The number of pyridine rings is 1. The molecule has 1 aromatic heterocycles. The fraction of sp³-hybridized carbons (Fsp3) is 0.0667. The fourth-order valence-corrected chi connectivity index (χ4v) is 1.90. The van der Waals surface area contributed by atoms with Crippen LogP contribution in [0.4, 0.5) is 11.5 Å². The molecule has 0 unspecified atom stereocenters. The largest absolute Gasteiger partial charge is 0.402 e. The molecule has 2 aromatic rings. The number of nitrogens with two attached hydrogens (primary N) is 1. The number of aromatic nitrogens is 1. The molecule has 1 amide bonds. The maximum atomic E-state index is 12.4. The number of nitro benzene ring substituents is 1. The van der Waals surface area contributed by atoms with Crippen LogP contribution >= 0.6 is 0 Å². The summed E-state index contributed by atoms with van der Waals surface area (Å²) in [5.74, 6) is -0.0271. The van der Waals surface area contributed by atoms with Crippen molar-refractivity contribution in [3.05, 3.63) is 70.0 Å². The van der Waals surface area contributed by atoms with Gasteiger partial charge in [-0.05, 0) is 36.8 Å². The second-order valence-electron chi connectivity index (χ2n) is 4.53. The van der Waals surface area contributed by atoms with Gasteiger partial charge in [-0.3, -0.25) is 14.9 Å². The Labute approximate surface area is 126 Å². The summed E-state index contributed by atoms with van der Waals surface area (Å²) in [6.45, 7) is 1.59. The Morgan fingerprint density at radius 1 is 1.23 bits per heavy atom. The quantitative estimate of drug-likeness (QED) is 0.511. The highest BCUT2D eigenvalue weighted by Crippen LogP contribution is 2.21. The molecule has 0 aliphatic heterocycles. The molecule has 0 fully saturated rings. The number of carbonyl (C=O) groups excluding carboxylic acids is 1. The Balaban J connectivity index is 2.29. The van der Waals surface area contributed by atoms with Gasteiger partial charge in [-0.15, -0.1) is 0 Å². The van der Waals surface area contributed by atoms with Gasteiger partial charge in [0, 0.05) is 24.0 Å². The summed E-state index contributed by atoms with van der Waals surface area (Å²) in [6.07, 6.45) is 1.56. The number of carbonyl (C=O) groups is 1. The summed E-state index contributed by atoms with van der Waals surface area (Å²) in [4.78, 5) is 26.5. The number of anilines is 1. The summed E-state index contributed by atoms with van der Waals surface area (Å²) >= 11 is 0. The van der Waals surface area contributed by atoms with E-state index in [2.05, 4.69) is 10.3 Å². The van der Waals surface area contributed by atoms with Crippen molar-refractivity contribution in [2.45, 2.75) is 6.92 Å². The number of amides is 1. The number of benzene rings is 1. The van der Waals surface area contributed by atoms with E-state index in [9.17, 15) is 14.9 Å². The number of nitrogens with zero attached hydrogens (tertiary/aromatic N) is 2. The van der Waals surface area contributed by atoms with Crippen molar-refractivity contribution in [1.29, 1.82) is 0 Å². The number of allylic oxidation sites excluding steroid dienone is 1. The number of hydrogen-bond acceptors (Lipinski definition) is 5. The van der Waals surface area contributed by atoms with E-state index in [4.69, 9.17) is 5.73 Å². The molecule has 2 rings (SSSR count). The van der Waals surface area contributed by atoms with Crippen LogP contribution in [0.1, 0.15) is 12.5 Å². The number of nitro groups is 1. The zero-order valence-electron chi connectivity index (χ0n) is 11.8. The monoisotopic (exact) mass is 298 g/mol. The van der Waals surface area contributed by atoms with Gasteiger partial charge in [0.15, 0.2) is 0 Å². The van der Waals surface area contributed by atoms with Gasteiger partial charge in [0.2, 0.25) is 0 Å². The van der Waals surface area contributed by atoms with Crippen molar-refractivity contribution in [2.24, 2.45) is 5.73 Å². The molecule has 0 radical (unpaired) electrons. The first kappa shape index (κ1) is 15.2. The highest BCUT2D eigenvalue weighted by Gasteiger charge is 2.16. The molecule has 112 valence electrons. The van der Waals surface area contributed by atoms with Crippen molar-refractivity contribution >= 4 is 23.0 Å². The molecule has 0 atom stereocenters. The van der Waals surface area contributed by atoms with E-state index < -0.39 is 10.8 Å². The van der Waals surface area contributed by atoms with Gasteiger partial charge in [0.1, 0.15) is 5.82 Å². The molecule has 22 heavy (non-hydrogen) atoms. The maximum absolute atomic E-state index is 12.4. The molecular weight excluding hydrogens is 284 g/mol. The predicted octanol–water partition coefficient (Wildman–Crippen LogP) is 2.32. The number of nitrogens with one attached hydrogen (secondary N) is 1. The SMILES string of the molecule is C/C(N)=C(/C(=O)Nc1ccccn1)c1ccc([N+](=O)[O-])cc1. The van der Waals surface area contributed by atoms with Gasteiger partial charge in [-0.25, -0.2) is 4.98 Å². The Hall–Kier alpha value is -3.22. The van der Waals surface area contributed by atoms with E-state index in [1.54, 1.807) is 31.3 Å². The highest BCUT2D eigenvalue weighted by atomic mass is 16.6. The van der Waals surface area contributed by atoms with E-state index in [1.165, 1.54) is 24.3 Å². The molecule has 1 heterocycles. The maximum Gasteiger partial charge on any atom is 0.269 e. The molecule has 0 spiro atoms. The van der Waals surface area contributed by atoms with Crippen LogP contribution in [0.5, 0.6) is 0 Å². The van der Waals surface area contributed by atoms with Gasteiger partial charge in [-0.1, -0.05) is 6.07 Å². The summed E-state index contributed by atoms with van der Waals surface area (Å²) in [5.41, 5.74) is 6.79. The summed E-state index contributed by atoms with van der Waals surface area (Å²) in [6, 6.07) is 10.8. The molecule has 1 aromatic carbocycles. The fourth-order valence-electron chi connectivity index (χ4n) is 1.90. The lowest BCUT2D eigenvalue weighted by atomic mass is 10.0. The Kier molecular flexibility index (Phi) is 4.47. The van der Waals surface area contributed by atoms with E-state index in [1.807, 2.05) is 0 Å². The van der Waals surface area contributed by atoms with E-state index >= 15 is 0 Å². The standard InChI is InChI=1S/C15H14N4O3/c1-10(16)14(11-5-7-12(8-6-11)19(21)22)15(20)18-13-4-2-3-9-17-13/h2-9H,16H2,1H3,(H,17,18,20)/b14-10-. The van der Waals surface area contributed by atoms with Crippen molar-refractivity contribution in [2.75, 3.05) is 5.32 Å². The first-order chi connectivity index (χ1) is 10.5. The minimum absolute atomic E-state index is 0.0529. The molecule has 0 saturated heterocycles. The highest BCUT2D eigenvalue weighted by molar-refractivity contribution is 6.25. The minimum atomic E-state index is -0.504. The predicted molar refractivity (Wildman–Crippen MR) is 82.7 cm³/mol. The summed E-state index contributed by atoms with van der Waals surface area (Å²) < 4.78 is 0. The van der Waals surface area contributed by atoms with Crippen LogP contribution in [-0.2, 0) is 4.79 Å². The third kappa shape index (κ3) is 3.45. The molecule has 0 bridgehead atoms. The lowest BCUT2D eigenvalue weighted by Crippen LogP contribution is -2.17. The second-order valence-corrected chi connectivity index (χ2v) is 4.53. The van der Waals surface area contributed by atoms with Crippen molar-refractivity contribution in [3.63, 3.8) is 0 Å². The lowest BCUT2D eigenvalue weighted by Gasteiger charge is -2.10. The van der Waals surface area contributed by atoms with Crippen molar-refractivity contribution in [1.82, 2.24) is 4.98 Å². The number of non-ortho nitro benzene ring substituents is 1. The van der Waals surface area contributed by atoms with Crippen LogP contribution in [0, 0.1) is 10.1 Å². The first-order valence-corrected chi connectivity index (χ1v) is 6.42. The average molecular weight is 298 g/mol. The van der Waals surface area contributed by atoms with Gasteiger partial charge in [0.05, 0.1) is 10.5 Å². The average Bonchev–Trinajstić information content (AvgIpc) is 2.48. The van der Waals surface area contributed by atoms with Crippen LogP contribution in [0.2, 0.25) is 0 Å². The Bertz CT molecular complexity index is 720. The van der Waals surface area contributed by atoms with Gasteiger partial charge < -0.3 is 11.1 Å². The Morgan fingerprint density at radius 3 is 2.41 bits per heavy atom. The number of hydrogen-bond donors (Lipinski definition) is 2. The van der Waals surface area contributed by atoms with Crippen LogP contribution in [-0.4, -0.2) is 15.8 Å². The third-order valence-corrected chi connectivity index (χ3v) is 2.89. The van der Waals surface area contributed by atoms with Crippen LogP contribution in [0.15, 0.2) is 54.4 Å². The molecule has 3 N–H and O–H groups in total. The first-order valence-electron chi connectivity index (χ1n) is 6.42. The topological polar surface area (TPSA) is 111 Å². The van der Waals surface area contributed by atoms with Gasteiger partial charge in [0.25, 0.3) is 11.6 Å². The molecular formula is C15H14N4O3. The lowest BCUT2D eigenvalue weighted by molar-refractivity contribution is -0.384. The van der Waals surface area contributed by atoms with Crippen molar-refractivity contribution < 1.29 is 9.72 Å². The second kappa shape index (κ2) is 6.49. The zero-order valence-corrected chi connectivity index (χ0v) is 11.8. The number of rotatable bonds is 4. The normalized spacial score (nSPS) is 11.5. The van der Waals surface area contributed by atoms with Crippen molar-refractivity contribution in [3.8, 4) is 0 Å². The van der Waals surface area contributed by atoms with E-state index in [-0.39, 0.29) is 11.3 Å². The smallest absolute Gasteiger partial charge is 0.269 e. The van der Waals surface area contributed by atoms with Gasteiger partial charge >= 0.3 is 0 Å². The van der Waals surface area contributed by atoms with Gasteiger partial charge in [-0.2, -0.15) is 0 Å². The molecule has 0 aliphatic carbocycles. The third-order valence-electron chi connectivity index (χ3n) is 2.89. The van der Waals surface area contributed by atoms with Crippen LogP contribution in [0.25, 0.3) is 5.57 Å². The minimum Gasteiger partial charge on any atom is -0.402 e. The summed E-state index contributed by atoms with van der Waals surface area (Å²) in [5, 5.41) is 13.3. The molecule has 0 saturated carbocycles.